The first-order valence-corrected chi connectivity index (χ1v) is 10.6. The van der Waals surface area contributed by atoms with Gasteiger partial charge < -0.3 is 14.8 Å². The number of rotatable bonds is 9. The van der Waals surface area contributed by atoms with Crippen LogP contribution in [0.5, 0.6) is 11.5 Å². The summed E-state index contributed by atoms with van der Waals surface area (Å²) in [7, 11) is 3.22. The Bertz CT molecular complexity index is 1020. The number of nitrogens with zero attached hydrogens (tertiary/aromatic N) is 3. The molecule has 0 atom stereocenters. The number of carbonyl (C=O) groups is 1. The van der Waals surface area contributed by atoms with Gasteiger partial charge in [-0.2, -0.15) is 0 Å². The Morgan fingerprint density at radius 2 is 1.87 bits per heavy atom. The summed E-state index contributed by atoms with van der Waals surface area (Å²) in [5.41, 5.74) is 4.48. The van der Waals surface area contributed by atoms with E-state index in [1.807, 2.05) is 28.8 Å². The number of methoxy groups -OCH3 is 2. The maximum Gasteiger partial charge on any atom is 0.230 e. The van der Waals surface area contributed by atoms with Gasteiger partial charge in [0, 0.05) is 12.2 Å². The highest BCUT2D eigenvalue weighted by Gasteiger charge is 2.11. The predicted octanol–water partition coefficient (Wildman–Crippen LogP) is 3.35. The lowest BCUT2D eigenvalue weighted by molar-refractivity contribution is -0.118. The normalized spacial score (nSPS) is 10.7. The Labute approximate surface area is 180 Å². The molecule has 7 nitrogen and oxygen atoms in total. The van der Waals surface area contributed by atoms with Crippen LogP contribution in [0.25, 0.3) is 5.69 Å². The van der Waals surface area contributed by atoms with Crippen molar-refractivity contribution >= 4 is 17.7 Å². The van der Waals surface area contributed by atoms with Crippen LogP contribution in [-0.4, -0.2) is 47.2 Å². The molecule has 1 N–H and O–H groups in total. The van der Waals surface area contributed by atoms with Gasteiger partial charge in [-0.3, -0.25) is 9.36 Å². The molecule has 1 heterocycles. The van der Waals surface area contributed by atoms with Gasteiger partial charge in [0.2, 0.25) is 5.91 Å². The van der Waals surface area contributed by atoms with Gasteiger partial charge in [-0.15, -0.1) is 10.2 Å². The lowest BCUT2D eigenvalue weighted by Gasteiger charge is -2.10. The fraction of sp³-hybridized carbons (Fsp3) is 0.318. The second-order valence-electron chi connectivity index (χ2n) is 6.83. The average Bonchev–Trinajstić information content (AvgIpc) is 3.22. The second-order valence-corrected chi connectivity index (χ2v) is 7.77. The molecule has 3 aromatic rings. The van der Waals surface area contributed by atoms with Crippen LogP contribution in [0.4, 0.5) is 0 Å². The maximum atomic E-state index is 12.3. The zero-order chi connectivity index (χ0) is 21.5. The van der Waals surface area contributed by atoms with Crippen molar-refractivity contribution in [2.24, 2.45) is 0 Å². The van der Waals surface area contributed by atoms with Gasteiger partial charge >= 0.3 is 0 Å². The molecule has 0 fully saturated rings. The van der Waals surface area contributed by atoms with E-state index < -0.39 is 0 Å². The Morgan fingerprint density at radius 3 is 2.60 bits per heavy atom. The average molecular weight is 427 g/mol. The number of nitrogens with one attached hydrogen (secondary N) is 1. The van der Waals surface area contributed by atoms with Gasteiger partial charge in [0.1, 0.15) is 6.33 Å². The number of ether oxygens (including phenoxy) is 2. The largest absolute Gasteiger partial charge is 0.493 e. The molecule has 0 unspecified atom stereocenters. The lowest BCUT2D eigenvalue weighted by atomic mass is 10.1. The predicted molar refractivity (Wildman–Crippen MR) is 118 cm³/mol. The molecule has 1 aromatic heterocycles. The van der Waals surface area contributed by atoms with Crippen LogP contribution >= 0.6 is 11.8 Å². The van der Waals surface area contributed by atoms with Gasteiger partial charge in [-0.1, -0.05) is 23.9 Å². The minimum Gasteiger partial charge on any atom is -0.493 e. The highest BCUT2D eigenvalue weighted by atomic mass is 32.2. The van der Waals surface area contributed by atoms with Crippen molar-refractivity contribution in [2.45, 2.75) is 25.4 Å². The molecule has 0 spiro atoms. The van der Waals surface area contributed by atoms with Gasteiger partial charge in [0.15, 0.2) is 16.7 Å². The van der Waals surface area contributed by atoms with E-state index >= 15 is 0 Å². The van der Waals surface area contributed by atoms with Crippen LogP contribution in [0.3, 0.4) is 0 Å². The number of hydrogen-bond donors (Lipinski definition) is 1. The molecule has 0 aliphatic carbocycles. The van der Waals surface area contributed by atoms with E-state index in [2.05, 4.69) is 41.5 Å². The highest BCUT2D eigenvalue weighted by molar-refractivity contribution is 7.99. The maximum absolute atomic E-state index is 12.3. The topological polar surface area (TPSA) is 78.3 Å². The number of aryl methyl sites for hydroxylation is 2. The second kappa shape index (κ2) is 10.2. The molecule has 0 saturated heterocycles. The van der Waals surface area contributed by atoms with Gasteiger partial charge in [0.25, 0.3) is 0 Å². The first-order chi connectivity index (χ1) is 14.5. The number of thioether (sulfide) groups is 1. The zero-order valence-corrected chi connectivity index (χ0v) is 18.5. The van der Waals surface area contributed by atoms with Gasteiger partial charge in [0.05, 0.1) is 20.0 Å². The molecular weight excluding hydrogens is 400 g/mol. The number of carbonyl (C=O) groups excluding carboxylic acids is 1. The van der Waals surface area contributed by atoms with Crippen molar-refractivity contribution in [1.82, 2.24) is 20.1 Å². The molecule has 8 heteroatoms. The monoisotopic (exact) mass is 426 g/mol. The van der Waals surface area contributed by atoms with Crippen molar-refractivity contribution in [3.63, 3.8) is 0 Å². The highest BCUT2D eigenvalue weighted by Crippen LogP contribution is 2.27. The Balaban J connectivity index is 1.51. The first kappa shape index (κ1) is 21.7. The first-order valence-electron chi connectivity index (χ1n) is 9.60. The standard InChI is InChI=1S/C22H26N4O3S/c1-15-5-7-18(11-16(15)2)26-14-24-25-22(26)30-13-21(27)23-10-9-17-6-8-19(28-3)20(12-17)29-4/h5-8,11-12,14H,9-10,13H2,1-4H3,(H,23,27). The minimum absolute atomic E-state index is 0.0462. The number of hydrogen-bond acceptors (Lipinski definition) is 6. The van der Waals surface area contributed by atoms with Gasteiger partial charge in [-0.25, -0.2) is 0 Å². The quantitative estimate of drug-likeness (QED) is 0.529. The third-order valence-corrected chi connectivity index (χ3v) is 5.74. The number of aromatic nitrogens is 3. The third kappa shape index (κ3) is 5.33. The summed E-state index contributed by atoms with van der Waals surface area (Å²) in [6, 6.07) is 11.9. The fourth-order valence-corrected chi connectivity index (χ4v) is 3.70. The van der Waals surface area contributed by atoms with Crippen LogP contribution < -0.4 is 14.8 Å². The fourth-order valence-electron chi connectivity index (χ4n) is 2.94. The summed E-state index contributed by atoms with van der Waals surface area (Å²) in [4.78, 5) is 12.3. The summed E-state index contributed by atoms with van der Waals surface area (Å²) in [6.45, 7) is 4.69. The van der Waals surface area contributed by atoms with E-state index in [9.17, 15) is 4.79 Å². The summed E-state index contributed by atoms with van der Waals surface area (Å²) >= 11 is 1.36. The van der Waals surface area contributed by atoms with Crippen LogP contribution in [0.1, 0.15) is 16.7 Å². The van der Waals surface area contributed by atoms with Crippen LogP contribution in [0.2, 0.25) is 0 Å². The summed E-state index contributed by atoms with van der Waals surface area (Å²) in [5.74, 6) is 1.60. The summed E-state index contributed by atoms with van der Waals surface area (Å²) in [6.07, 6.45) is 2.37. The van der Waals surface area contributed by atoms with E-state index in [0.717, 1.165) is 11.3 Å². The molecule has 3 rings (SSSR count). The van der Waals surface area contributed by atoms with Crippen LogP contribution in [0.15, 0.2) is 47.9 Å². The van der Waals surface area contributed by atoms with Crippen LogP contribution in [0, 0.1) is 13.8 Å². The van der Waals surface area contributed by atoms with Crippen molar-refractivity contribution in [3.8, 4) is 17.2 Å². The van der Waals surface area contributed by atoms with E-state index in [0.29, 0.717) is 29.6 Å². The molecule has 158 valence electrons. The SMILES string of the molecule is COc1ccc(CCNC(=O)CSc2nncn2-c2ccc(C)c(C)c2)cc1OC. The van der Waals surface area contributed by atoms with Crippen LogP contribution in [-0.2, 0) is 11.2 Å². The van der Waals surface area contributed by atoms with Gasteiger partial charge in [-0.05, 0) is 61.2 Å². The number of benzene rings is 2. The molecule has 0 radical (unpaired) electrons. The third-order valence-electron chi connectivity index (χ3n) is 4.80. The summed E-state index contributed by atoms with van der Waals surface area (Å²) in [5, 5.41) is 11.8. The lowest BCUT2D eigenvalue weighted by Crippen LogP contribution is -2.27. The van der Waals surface area contributed by atoms with E-state index in [1.54, 1.807) is 20.5 Å². The van der Waals surface area contributed by atoms with E-state index in [-0.39, 0.29) is 11.7 Å². The van der Waals surface area contributed by atoms with E-state index in [1.165, 1.54) is 22.9 Å². The Hall–Kier alpha value is -3.00. The molecule has 0 aliphatic heterocycles. The molecule has 1 amide bonds. The molecule has 0 aliphatic rings. The summed E-state index contributed by atoms with van der Waals surface area (Å²) < 4.78 is 12.5. The number of amides is 1. The molecule has 2 aromatic carbocycles. The van der Waals surface area contributed by atoms with Crippen molar-refractivity contribution in [2.75, 3.05) is 26.5 Å². The Kier molecular flexibility index (Phi) is 7.35. The minimum atomic E-state index is -0.0462. The molecule has 30 heavy (non-hydrogen) atoms. The van der Waals surface area contributed by atoms with Crippen molar-refractivity contribution in [3.05, 3.63) is 59.4 Å². The molecule has 0 bridgehead atoms. The molecule has 0 saturated carbocycles. The zero-order valence-electron chi connectivity index (χ0n) is 17.6. The molecular formula is C22H26N4O3S. The van der Waals surface area contributed by atoms with Crippen molar-refractivity contribution in [1.29, 1.82) is 0 Å². The van der Waals surface area contributed by atoms with E-state index in [4.69, 9.17) is 9.47 Å². The van der Waals surface area contributed by atoms with Crippen molar-refractivity contribution < 1.29 is 14.3 Å². The smallest absolute Gasteiger partial charge is 0.230 e. The Morgan fingerprint density at radius 1 is 1.07 bits per heavy atom.